The Hall–Kier alpha value is -1.85. The first-order valence-corrected chi connectivity index (χ1v) is 9.94. The van der Waals surface area contributed by atoms with Crippen LogP contribution in [0.4, 0.5) is 4.79 Å². The molecular formula is C21H28ClN3O2. The monoisotopic (exact) mass is 389 g/mol. The van der Waals surface area contributed by atoms with Crippen LogP contribution in [0.15, 0.2) is 35.4 Å². The number of hydrogen-bond donors (Lipinski definition) is 0. The Bertz CT molecular complexity index is 724. The molecule has 2 fully saturated rings. The van der Waals surface area contributed by atoms with Crippen LogP contribution in [0, 0.1) is 5.92 Å². The molecule has 0 saturated carbocycles. The smallest absolute Gasteiger partial charge is 0.312 e. The van der Waals surface area contributed by atoms with Gasteiger partial charge in [-0.25, -0.2) is 4.79 Å². The number of piperidine rings is 1. The normalized spacial score (nSPS) is 21.0. The van der Waals surface area contributed by atoms with Gasteiger partial charge in [0.05, 0.1) is 0 Å². The van der Waals surface area contributed by atoms with Crippen LogP contribution < -0.4 is 0 Å². The van der Waals surface area contributed by atoms with Crippen molar-refractivity contribution in [3.63, 3.8) is 0 Å². The summed E-state index contributed by atoms with van der Waals surface area (Å²) >= 11 is 6.44. The second kappa shape index (κ2) is 8.03. The van der Waals surface area contributed by atoms with Crippen LogP contribution in [0.3, 0.4) is 0 Å². The maximum Gasteiger partial charge on any atom is 0.327 e. The first-order chi connectivity index (χ1) is 12.8. The molecule has 0 unspecified atom stereocenters. The van der Waals surface area contributed by atoms with E-state index in [2.05, 4.69) is 4.90 Å². The Labute approximate surface area is 166 Å². The third kappa shape index (κ3) is 4.04. The summed E-state index contributed by atoms with van der Waals surface area (Å²) in [5, 5.41) is 0.778. The Morgan fingerprint density at radius 3 is 2.41 bits per heavy atom. The van der Waals surface area contributed by atoms with Gasteiger partial charge in [0.2, 0.25) is 0 Å². The lowest BCUT2D eigenvalue weighted by Gasteiger charge is -2.40. The lowest BCUT2D eigenvalue weighted by molar-refractivity contribution is -0.135. The number of likely N-dealkylation sites (N-methyl/N-ethyl adjacent to an activating group) is 1. The van der Waals surface area contributed by atoms with Crippen LogP contribution >= 0.6 is 11.6 Å². The maximum atomic E-state index is 13.0. The molecule has 146 valence electrons. The molecule has 3 amide bonds. The number of rotatable bonds is 5. The zero-order chi connectivity index (χ0) is 19.6. The molecule has 2 heterocycles. The van der Waals surface area contributed by atoms with Crippen molar-refractivity contribution in [3.05, 3.63) is 40.9 Å². The highest BCUT2D eigenvalue weighted by atomic mass is 35.5. The van der Waals surface area contributed by atoms with E-state index in [4.69, 9.17) is 11.6 Å². The summed E-state index contributed by atoms with van der Waals surface area (Å²) < 4.78 is 0. The summed E-state index contributed by atoms with van der Waals surface area (Å²) in [4.78, 5) is 30.9. The Morgan fingerprint density at radius 1 is 1.19 bits per heavy atom. The Morgan fingerprint density at radius 2 is 1.81 bits per heavy atom. The lowest BCUT2D eigenvalue weighted by atomic mass is 9.86. The van der Waals surface area contributed by atoms with Crippen LogP contribution in [-0.2, 0) is 4.79 Å². The van der Waals surface area contributed by atoms with Crippen molar-refractivity contribution in [2.75, 3.05) is 33.2 Å². The molecule has 2 aliphatic rings. The van der Waals surface area contributed by atoms with Gasteiger partial charge in [0.25, 0.3) is 5.91 Å². The molecule has 2 saturated heterocycles. The number of carbonyl (C=O) groups excluding carboxylic acids is 2. The number of imide groups is 1. The molecule has 1 aromatic carbocycles. The van der Waals surface area contributed by atoms with Crippen LogP contribution in [0.2, 0.25) is 0 Å². The average Bonchev–Trinajstić information content (AvgIpc) is 2.80. The van der Waals surface area contributed by atoms with Crippen molar-refractivity contribution in [3.8, 4) is 0 Å². The summed E-state index contributed by atoms with van der Waals surface area (Å²) in [5.74, 6) is 0.234. The van der Waals surface area contributed by atoms with E-state index < -0.39 is 5.54 Å². The highest BCUT2D eigenvalue weighted by molar-refractivity contribution is 6.31. The van der Waals surface area contributed by atoms with Gasteiger partial charge in [0.1, 0.15) is 5.54 Å². The van der Waals surface area contributed by atoms with Gasteiger partial charge in [0, 0.05) is 38.3 Å². The minimum absolute atomic E-state index is 0.0331. The van der Waals surface area contributed by atoms with E-state index in [1.54, 1.807) is 11.9 Å². The molecule has 6 heteroatoms. The van der Waals surface area contributed by atoms with Gasteiger partial charge in [-0.3, -0.25) is 14.6 Å². The molecule has 0 atom stereocenters. The van der Waals surface area contributed by atoms with Gasteiger partial charge in [-0.1, -0.05) is 55.8 Å². The number of amides is 3. The molecule has 0 radical (unpaired) electrons. The van der Waals surface area contributed by atoms with E-state index in [1.807, 2.05) is 50.3 Å². The van der Waals surface area contributed by atoms with Crippen molar-refractivity contribution in [2.24, 2.45) is 5.92 Å². The minimum Gasteiger partial charge on any atom is -0.312 e. The fourth-order valence-corrected chi connectivity index (χ4v) is 4.29. The summed E-state index contributed by atoms with van der Waals surface area (Å²) in [5.41, 5.74) is 0.398. The van der Waals surface area contributed by atoms with E-state index >= 15 is 0 Å². The second-order valence-corrected chi connectivity index (χ2v) is 8.45. The quantitative estimate of drug-likeness (QED) is 0.722. The molecule has 0 bridgehead atoms. The third-order valence-corrected chi connectivity index (χ3v) is 5.76. The number of benzene rings is 1. The number of hydrogen-bond acceptors (Lipinski definition) is 3. The van der Waals surface area contributed by atoms with Crippen LogP contribution in [0.25, 0.3) is 6.08 Å². The molecule has 5 nitrogen and oxygen atoms in total. The first-order valence-electron chi connectivity index (χ1n) is 9.57. The van der Waals surface area contributed by atoms with Crippen LogP contribution in [0.5, 0.6) is 0 Å². The number of carbonyl (C=O) groups is 2. The van der Waals surface area contributed by atoms with Crippen molar-refractivity contribution < 1.29 is 9.59 Å². The molecule has 3 rings (SSSR count). The number of urea groups is 1. The lowest BCUT2D eigenvalue weighted by Crippen LogP contribution is -2.55. The van der Waals surface area contributed by atoms with Gasteiger partial charge >= 0.3 is 6.03 Å². The Balaban J connectivity index is 1.63. The SMILES string of the molecule is CC(C)CN1C(=O)N(C)C2(CCN(C/C(Cl)=C/c3ccccc3)CC2)C1=O. The molecule has 27 heavy (non-hydrogen) atoms. The number of halogens is 1. The molecule has 0 N–H and O–H groups in total. The average molecular weight is 390 g/mol. The van der Waals surface area contributed by atoms with E-state index in [9.17, 15) is 9.59 Å². The van der Waals surface area contributed by atoms with Crippen molar-refractivity contribution >= 4 is 29.6 Å². The summed E-state index contributed by atoms with van der Waals surface area (Å²) in [6, 6.07) is 9.84. The maximum absolute atomic E-state index is 13.0. The van der Waals surface area contributed by atoms with E-state index in [-0.39, 0.29) is 17.9 Å². The first kappa shape index (κ1) is 19.9. The van der Waals surface area contributed by atoms with Crippen molar-refractivity contribution in [2.45, 2.75) is 32.2 Å². The standard InChI is InChI=1S/C21H28ClN3O2/c1-16(2)14-25-19(26)21(23(3)20(25)27)9-11-24(12-10-21)15-18(22)13-17-7-5-4-6-8-17/h4-8,13,16H,9-12,14-15H2,1-3H3/b18-13-. The highest BCUT2D eigenvalue weighted by Crippen LogP contribution is 2.36. The van der Waals surface area contributed by atoms with Gasteiger partial charge < -0.3 is 4.90 Å². The zero-order valence-electron chi connectivity index (χ0n) is 16.3. The largest absolute Gasteiger partial charge is 0.327 e. The molecule has 1 spiro atoms. The third-order valence-electron chi connectivity index (χ3n) is 5.53. The van der Waals surface area contributed by atoms with Crippen molar-refractivity contribution in [1.29, 1.82) is 0 Å². The van der Waals surface area contributed by atoms with Crippen molar-refractivity contribution in [1.82, 2.24) is 14.7 Å². The minimum atomic E-state index is -0.682. The number of likely N-dealkylation sites (tertiary alicyclic amines) is 1. The predicted molar refractivity (Wildman–Crippen MR) is 108 cm³/mol. The van der Waals surface area contributed by atoms with E-state index in [1.165, 1.54) is 4.90 Å². The van der Waals surface area contributed by atoms with Gasteiger partial charge in [-0.15, -0.1) is 0 Å². The number of nitrogens with zero attached hydrogens (tertiary/aromatic N) is 3. The van der Waals surface area contributed by atoms with Gasteiger partial charge in [-0.05, 0) is 30.4 Å². The summed E-state index contributed by atoms with van der Waals surface area (Å²) in [6.45, 7) is 6.69. The molecule has 1 aromatic rings. The van der Waals surface area contributed by atoms with E-state index in [0.29, 0.717) is 25.9 Å². The topological polar surface area (TPSA) is 43.9 Å². The molecule has 0 aliphatic carbocycles. The molecular weight excluding hydrogens is 362 g/mol. The molecule has 2 aliphatic heterocycles. The van der Waals surface area contributed by atoms with E-state index in [0.717, 1.165) is 23.7 Å². The Kier molecular flexibility index (Phi) is 5.92. The predicted octanol–water partition coefficient (Wildman–Crippen LogP) is 3.65. The summed E-state index contributed by atoms with van der Waals surface area (Å²) in [6.07, 6.45) is 3.28. The second-order valence-electron chi connectivity index (χ2n) is 7.96. The van der Waals surface area contributed by atoms with Crippen LogP contribution in [-0.4, -0.2) is 65.4 Å². The van der Waals surface area contributed by atoms with Gasteiger partial charge in [0.15, 0.2) is 0 Å². The fraction of sp³-hybridized carbons (Fsp3) is 0.524. The molecule has 0 aromatic heterocycles. The highest BCUT2D eigenvalue weighted by Gasteiger charge is 2.56. The van der Waals surface area contributed by atoms with Crippen LogP contribution in [0.1, 0.15) is 32.3 Å². The zero-order valence-corrected chi connectivity index (χ0v) is 17.1. The fourth-order valence-electron chi connectivity index (χ4n) is 3.99. The summed E-state index contributed by atoms with van der Waals surface area (Å²) in [7, 11) is 1.76. The van der Waals surface area contributed by atoms with Gasteiger partial charge in [-0.2, -0.15) is 0 Å².